The van der Waals surface area contributed by atoms with Gasteiger partial charge in [-0.1, -0.05) is 0 Å². The van der Waals surface area contributed by atoms with Gasteiger partial charge in [0.2, 0.25) is 0 Å². The van der Waals surface area contributed by atoms with Gasteiger partial charge in [0, 0.05) is 11.6 Å². The molecule has 0 aromatic heterocycles. The topological polar surface area (TPSA) is 52.6 Å². The van der Waals surface area contributed by atoms with Crippen LogP contribution in [-0.4, -0.2) is 11.9 Å². The van der Waals surface area contributed by atoms with Gasteiger partial charge in [-0.15, -0.1) is 0 Å². The molecule has 0 aromatic rings. The molecule has 0 N–H and O–H groups in total. The summed E-state index contributed by atoms with van der Waals surface area (Å²) in [4.78, 5) is 20.9. The maximum Gasteiger partial charge on any atom is 0.352 e. The van der Waals surface area contributed by atoms with Gasteiger partial charge in [0.05, 0.1) is 0 Å². The average molecular weight is 199 g/mol. The summed E-state index contributed by atoms with van der Waals surface area (Å²) in [5, 5.41) is 0. The maximum atomic E-state index is 10.5. The standard InChI is InChI=1S/C5H4Cl2O4/c1-3(5(9)11-7)2-4(8)10-6/h2H,1H3/b3-2-. The van der Waals surface area contributed by atoms with Crippen LogP contribution < -0.4 is 0 Å². The Balaban J connectivity index is 4.21. The van der Waals surface area contributed by atoms with Crippen molar-refractivity contribution in [2.75, 3.05) is 0 Å². The van der Waals surface area contributed by atoms with E-state index in [1.807, 2.05) is 0 Å². The summed E-state index contributed by atoms with van der Waals surface area (Å²) >= 11 is 9.36. The fourth-order valence-electron chi connectivity index (χ4n) is 0.319. The van der Waals surface area contributed by atoms with Crippen molar-refractivity contribution in [3.8, 4) is 0 Å². The van der Waals surface area contributed by atoms with E-state index < -0.39 is 11.9 Å². The highest BCUT2D eigenvalue weighted by atomic mass is 35.5. The third-order valence-corrected chi connectivity index (χ3v) is 1.09. The summed E-state index contributed by atoms with van der Waals surface area (Å²) in [5.74, 6) is -1.68. The van der Waals surface area contributed by atoms with Crippen LogP contribution >= 0.6 is 23.7 Å². The fourth-order valence-corrected chi connectivity index (χ4v) is 0.485. The summed E-state index contributed by atoms with van der Waals surface area (Å²) in [6.45, 7) is 1.33. The van der Waals surface area contributed by atoms with Crippen LogP contribution in [0.4, 0.5) is 0 Å². The fraction of sp³-hybridized carbons (Fsp3) is 0.200. The number of carbonyl (C=O) groups is 2. The van der Waals surface area contributed by atoms with Crippen LogP contribution in [0, 0.1) is 0 Å². The molecule has 11 heavy (non-hydrogen) atoms. The number of hydrogen-bond acceptors (Lipinski definition) is 4. The lowest BCUT2D eigenvalue weighted by atomic mass is 10.3. The van der Waals surface area contributed by atoms with Crippen molar-refractivity contribution in [1.29, 1.82) is 0 Å². The second-order valence-corrected chi connectivity index (χ2v) is 1.90. The molecule has 0 aliphatic carbocycles. The molecule has 6 heteroatoms. The predicted molar refractivity (Wildman–Crippen MR) is 37.6 cm³/mol. The van der Waals surface area contributed by atoms with Crippen LogP contribution in [0.2, 0.25) is 0 Å². The van der Waals surface area contributed by atoms with E-state index in [1.165, 1.54) is 6.92 Å². The molecule has 4 nitrogen and oxygen atoms in total. The Morgan fingerprint density at radius 3 is 2.18 bits per heavy atom. The minimum absolute atomic E-state index is 0.00523. The maximum absolute atomic E-state index is 10.5. The van der Waals surface area contributed by atoms with Gasteiger partial charge in [-0.25, -0.2) is 9.59 Å². The Kier molecular flexibility index (Phi) is 4.65. The molecule has 0 radical (unpaired) electrons. The lowest BCUT2D eigenvalue weighted by Crippen LogP contribution is -2.02. The molecule has 0 saturated heterocycles. The van der Waals surface area contributed by atoms with Gasteiger partial charge in [-0.3, -0.25) is 0 Å². The molecule has 0 aromatic carbocycles. The number of hydrogen-bond donors (Lipinski definition) is 0. The molecule has 0 amide bonds. The largest absolute Gasteiger partial charge is 0.352 e. The second-order valence-electron chi connectivity index (χ2n) is 1.59. The van der Waals surface area contributed by atoms with Crippen LogP contribution in [-0.2, 0) is 18.2 Å². The molecule has 0 saturated carbocycles. The first kappa shape index (κ1) is 10.3. The Morgan fingerprint density at radius 2 is 1.82 bits per heavy atom. The van der Waals surface area contributed by atoms with Crippen molar-refractivity contribution in [3.05, 3.63) is 11.6 Å². The molecule has 0 unspecified atom stereocenters. The first-order valence-corrected chi connectivity index (χ1v) is 3.07. The lowest BCUT2D eigenvalue weighted by Gasteiger charge is -1.92. The predicted octanol–water partition coefficient (Wildman–Crippen LogP) is 1.33. The van der Waals surface area contributed by atoms with Crippen molar-refractivity contribution >= 4 is 35.7 Å². The lowest BCUT2D eigenvalue weighted by molar-refractivity contribution is -0.132. The van der Waals surface area contributed by atoms with Crippen LogP contribution in [0.1, 0.15) is 6.92 Å². The van der Waals surface area contributed by atoms with Crippen LogP contribution in [0.3, 0.4) is 0 Å². The zero-order valence-electron chi connectivity index (χ0n) is 5.47. The highest BCUT2D eigenvalue weighted by molar-refractivity contribution is 6.17. The SMILES string of the molecule is C/C(=C/C(=O)OCl)C(=O)OCl. The second kappa shape index (κ2) is 4.98. The monoisotopic (exact) mass is 198 g/mol. The molecule has 0 aliphatic heterocycles. The average Bonchev–Trinajstić information content (AvgIpc) is 2.02. The molecule has 62 valence electrons. The summed E-state index contributed by atoms with van der Waals surface area (Å²) in [7, 11) is 0. The van der Waals surface area contributed by atoms with Crippen molar-refractivity contribution in [1.82, 2.24) is 0 Å². The number of carbonyl (C=O) groups excluding carboxylic acids is 2. The third kappa shape index (κ3) is 3.85. The first-order valence-electron chi connectivity index (χ1n) is 2.45. The zero-order valence-corrected chi connectivity index (χ0v) is 6.98. The molecule has 0 bridgehead atoms. The van der Waals surface area contributed by atoms with E-state index in [-0.39, 0.29) is 5.57 Å². The van der Waals surface area contributed by atoms with Crippen molar-refractivity contribution in [3.63, 3.8) is 0 Å². The van der Waals surface area contributed by atoms with E-state index in [1.54, 1.807) is 0 Å². The molecule has 0 spiro atoms. The highest BCUT2D eigenvalue weighted by Gasteiger charge is 2.07. The van der Waals surface area contributed by atoms with Gasteiger partial charge in [0.1, 0.15) is 23.7 Å². The van der Waals surface area contributed by atoms with Crippen molar-refractivity contribution in [2.24, 2.45) is 0 Å². The van der Waals surface area contributed by atoms with Crippen LogP contribution in [0.15, 0.2) is 11.6 Å². The highest BCUT2D eigenvalue weighted by Crippen LogP contribution is 1.99. The molecule has 0 aliphatic rings. The van der Waals surface area contributed by atoms with E-state index in [4.69, 9.17) is 11.9 Å². The minimum atomic E-state index is -0.855. The van der Waals surface area contributed by atoms with E-state index >= 15 is 0 Å². The van der Waals surface area contributed by atoms with Gasteiger partial charge in [0.25, 0.3) is 0 Å². The zero-order chi connectivity index (χ0) is 8.85. The van der Waals surface area contributed by atoms with Crippen LogP contribution in [0.25, 0.3) is 0 Å². The Morgan fingerprint density at radius 1 is 1.27 bits per heavy atom. The molecule has 0 rings (SSSR count). The van der Waals surface area contributed by atoms with Gasteiger partial charge in [-0.2, -0.15) is 0 Å². The first-order chi connectivity index (χ1) is 5.11. The third-order valence-electron chi connectivity index (χ3n) is 0.802. The van der Waals surface area contributed by atoms with Crippen molar-refractivity contribution < 1.29 is 18.2 Å². The summed E-state index contributed by atoms with van der Waals surface area (Å²) in [6, 6.07) is 0. The van der Waals surface area contributed by atoms with E-state index in [9.17, 15) is 9.59 Å². The summed E-state index contributed by atoms with van der Waals surface area (Å²) in [6.07, 6.45) is 0.859. The van der Waals surface area contributed by atoms with E-state index in [2.05, 4.69) is 20.4 Å². The van der Waals surface area contributed by atoms with Crippen molar-refractivity contribution in [2.45, 2.75) is 6.92 Å². The Labute approximate surface area is 73.0 Å². The number of rotatable bonds is 2. The van der Waals surface area contributed by atoms with Gasteiger partial charge >= 0.3 is 11.9 Å². The van der Waals surface area contributed by atoms with Crippen LogP contribution in [0.5, 0.6) is 0 Å². The summed E-state index contributed by atoms with van der Waals surface area (Å²) < 4.78 is 7.49. The molecule has 0 atom stereocenters. The quantitative estimate of drug-likeness (QED) is 0.629. The van der Waals surface area contributed by atoms with E-state index in [0.29, 0.717) is 0 Å². The van der Waals surface area contributed by atoms with Gasteiger partial charge in [-0.05, 0) is 6.92 Å². The number of halogens is 2. The minimum Gasteiger partial charge on any atom is -0.344 e. The molecular weight excluding hydrogens is 195 g/mol. The Hall–Kier alpha value is -0.740. The van der Waals surface area contributed by atoms with E-state index in [0.717, 1.165) is 6.08 Å². The smallest absolute Gasteiger partial charge is 0.344 e. The molecular formula is C5H4Cl2O4. The van der Waals surface area contributed by atoms with Gasteiger partial charge in [0.15, 0.2) is 0 Å². The summed E-state index contributed by atoms with van der Waals surface area (Å²) in [5.41, 5.74) is 0.00523. The van der Waals surface area contributed by atoms with Gasteiger partial charge < -0.3 is 8.58 Å². The normalized spacial score (nSPS) is 10.6. The Bertz CT molecular complexity index is 199. The molecule has 0 heterocycles. The molecule has 0 fully saturated rings.